The molecular weight excluding hydrogens is 402 g/mol. The highest BCUT2D eigenvalue weighted by Gasteiger charge is 2.32. The number of hydrogen-bond acceptors (Lipinski definition) is 6. The van der Waals surface area contributed by atoms with Crippen LogP contribution in [0.4, 0.5) is 5.69 Å². The van der Waals surface area contributed by atoms with Gasteiger partial charge in [-0.25, -0.2) is 13.4 Å². The summed E-state index contributed by atoms with van der Waals surface area (Å²) in [6.45, 7) is 1.80. The molecule has 1 N–H and O–H groups in total. The van der Waals surface area contributed by atoms with Crippen molar-refractivity contribution in [1.29, 1.82) is 0 Å². The first-order valence-corrected chi connectivity index (χ1v) is 11.4. The number of benzene rings is 2. The molecule has 0 fully saturated rings. The SMILES string of the molecule is CCC(=O)N1N=C(c2ccc3nccnc3c2)C[C@H]1c1ccc(NS(C)(=O)=O)cc1. The summed E-state index contributed by atoms with van der Waals surface area (Å²) in [7, 11) is -3.35. The van der Waals surface area contributed by atoms with Crippen molar-refractivity contribution in [3.63, 3.8) is 0 Å². The van der Waals surface area contributed by atoms with Crippen molar-refractivity contribution in [2.45, 2.75) is 25.8 Å². The van der Waals surface area contributed by atoms with Crippen LogP contribution < -0.4 is 4.72 Å². The van der Waals surface area contributed by atoms with Crippen molar-refractivity contribution < 1.29 is 13.2 Å². The van der Waals surface area contributed by atoms with Gasteiger partial charge in [0.05, 0.1) is 29.0 Å². The van der Waals surface area contributed by atoms with Gasteiger partial charge in [-0.15, -0.1) is 0 Å². The van der Waals surface area contributed by atoms with E-state index >= 15 is 0 Å². The van der Waals surface area contributed by atoms with Gasteiger partial charge in [0, 0.05) is 36.5 Å². The van der Waals surface area contributed by atoms with Crippen LogP contribution in [0.3, 0.4) is 0 Å². The zero-order valence-corrected chi connectivity index (χ0v) is 17.4. The molecule has 30 heavy (non-hydrogen) atoms. The van der Waals surface area contributed by atoms with Gasteiger partial charge < -0.3 is 0 Å². The Morgan fingerprint density at radius 2 is 1.80 bits per heavy atom. The number of rotatable bonds is 5. The minimum Gasteiger partial charge on any atom is -0.284 e. The number of nitrogens with zero attached hydrogens (tertiary/aromatic N) is 4. The summed E-state index contributed by atoms with van der Waals surface area (Å²) < 4.78 is 25.3. The number of carbonyl (C=O) groups is 1. The molecule has 4 rings (SSSR count). The number of hydrazone groups is 1. The highest BCUT2D eigenvalue weighted by atomic mass is 32.2. The second kappa shape index (κ2) is 7.83. The topological polar surface area (TPSA) is 105 Å². The van der Waals surface area contributed by atoms with Gasteiger partial charge in [-0.05, 0) is 29.8 Å². The molecule has 0 bridgehead atoms. The fourth-order valence-corrected chi connectivity index (χ4v) is 4.03. The molecule has 1 atom stereocenters. The Balaban J connectivity index is 1.65. The number of nitrogens with one attached hydrogen (secondary N) is 1. The average molecular weight is 423 g/mol. The maximum absolute atomic E-state index is 12.5. The Hall–Kier alpha value is -3.33. The van der Waals surface area contributed by atoms with Crippen LogP contribution in [0.5, 0.6) is 0 Å². The first-order valence-electron chi connectivity index (χ1n) is 9.52. The summed E-state index contributed by atoms with van der Waals surface area (Å²) in [4.78, 5) is 21.2. The molecule has 0 radical (unpaired) electrons. The Bertz CT molecular complexity index is 1240. The van der Waals surface area contributed by atoms with Crippen LogP contribution >= 0.6 is 0 Å². The standard InChI is InChI=1S/C21H21N5O3S/c1-3-21(27)26-20(14-4-7-16(8-5-14)25-30(2,28)29)13-18(24-26)15-6-9-17-19(12-15)23-11-10-22-17/h4-12,20,25H,3,13H2,1-2H3/t20-/m0/s1. The van der Waals surface area contributed by atoms with Crippen molar-refractivity contribution in [2.24, 2.45) is 5.10 Å². The van der Waals surface area contributed by atoms with E-state index in [1.54, 1.807) is 31.5 Å². The molecule has 8 nitrogen and oxygen atoms in total. The second-order valence-electron chi connectivity index (χ2n) is 7.11. The predicted molar refractivity (Wildman–Crippen MR) is 115 cm³/mol. The van der Waals surface area contributed by atoms with Crippen molar-refractivity contribution in [1.82, 2.24) is 15.0 Å². The van der Waals surface area contributed by atoms with Crippen LogP contribution in [0, 0.1) is 0 Å². The molecule has 0 unspecified atom stereocenters. The van der Waals surface area contributed by atoms with Gasteiger partial charge in [0.1, 0.15) is 0 Å². The van der Waals surface area contributed by atoms with Crippen molar-refractivity contribution >= 4 is 38.4 Å². The monoisotopic (exact) mass is 423 g/mol. The second-order valence-corrected chi connectivity index (χ2v) is 8.86. The zero-order valence-electron chi connectivity index (χ0n) is 16.6. The van der Waals surface area contributed by atoms with E-state index in [-0.39, 0.29) is 11.9 Å². The lowest BCUT2D eigenvalue weighted by atomic mass is 9.98. The van der Waals surface area contributed by atoms with Crippen LogP contribution in [0.2, 0.25) is 0 Å². The number of aromatic nitrogens is 2. The third-order valence-electron chi connectivity index (χ3n) is 4.87. The van der Waals surface area contributed by atoms with Crippen molar-refractivity contribution in [3.8, 4) is 0 Å². The molecule has 1 aromatic heterocycles. The smallest absolute Gasteiger partial charge is 0.242 e. The molecule has 3 aromatic rings. The lowest BCUT2D eigenvalue weighted by Crippen LogP contribution is -2.26. The van der Waals surface area contributed by atoms with E-state index in [4.69, 9.17) is 0 Å². The summed E-state index contributed by atoms with van der Waals surface area (Å²) >= 11 is 0. The summed E-state index contributed by atoms with van der Waals surface area (Å²) in [5.41, 5.74) is 4.62. The quantitative estimate of drug-likeness (QED) is 0.679. The van der Waals surface area contributed by atoms with Crippen LogP contribution in [0.25, 0.3) is 11.0 Å². The molecule has 9 heteroatoms. The molecule has 0 saturated heterocycles. The fourth-order valence-electron chi connectivity index (χ4n) is 3.47. The Kier molecular flexibility index (Phi) is 5.21. The number of hydrogen-bond donors (Lipinski definition) is 1. The van der Waals surface area contributed by atoms with Crippen LogP contribution in [0.15, 0.2) is 60.0 Å². The molecule has 2 heterocycles. The lowest BCUT2D eigenvalue weighted by Gasteiger charge is -2.21. The van der Waals surface area contributed by atoms with E-state index in [9.17, 15) is 13.2 Å². The molecule has 1 amide bonds. The van der Waals surface area contributed by atoms with Crippen LogP contribution in [-0.4, -0.2) is 41.3 Å². The minimum atomic E-state index is -3.35. The highest BCUT2D eigenvalue weighted by molar-refractivity contribution is 7.92. The maximum atomic E-state index is 12.5. The van der Waals surface area contributed by atoms with E-state index in [1.165, 1.54) is 5.01 Å². The van der Waals surface area contributed by atoms with Crippen LogP contribution in [0.1, 0.15) is 36.9 Å². The van der Waals surface area contributed by atoms with Gasteiger partial charge in [0.25, 0.3) is 0 Å². The van der Waals surface area contributed by atoms with Gasteiger partial charge in [0.15, 0.2) is 0 Å². The van der Waals surface area contributed by atoms with Crippen molar-refractivity contribution in [2.75, 3.05) is 11.0 Å². The summed E-state index contributed by atoms with van der Waals surface area (Å²) in [5, 5.41) is 6.14. The molecule has 0 spiro atoms. The zero-order chi connectivity index (χ0) is 21.3. The van der Waals surface area contributed by atoms with Gasteiger partial charge in [-0.3, -0.25) is 19.5 Å². The number of anilines is 1. The van der Waals surface area contributed by atoms with Gasteiger partial charge in [-0.1, -0.05) is 25.1 Å². The van der Waals surface area contributed by atoms with Gasteiger partial charge >= 0.3 is 0 Å². The molecule has 0 aliphatic carbocycles. The molecule has 2 aromatic carbocycles. The van der Waals surface area contributed by atoms with E-state index < -0.39 is 10.0 Å². The lowest BCUT2D eigenvalue weighted by molar-refractivity contribution is -0.132. The summed E-state index contributed by atoms with van der Waals surface area (Å²) in [5.74, 6) is -0.0751. The minimum absolute atomic E-state index is 0.0751. The normalized spacial score (nSPS) is 16.5. The number of carbonyl (C=O) groups excluding carboxylic acids is 1. The summed E-state index contributed by atoms with van der Waals surface area (Å²) in [6.07, 6.45) is 5.29. The third-order valence-corrected chi connectivity index (χ3v) is 5.48. The van der Waals surface area contributed by atoms with Crippen molar-refractivity contribution in [3.05, 3.63) is 66.0 Å². The Morgan fingerprint density at radius 3 is 2.47 bits per heavy atom. The van der Waals surface area contributed by atoms with Crippen LogP contribution in [-0.2, 0) is 14.8 Å². The maximum Gasteiger partial charge on any atom is 0.242 e. The molecule has 1 aliphatic heterocycles. The van der Waals surface area contributed by atoms with Gasteiger partial charge in [-0.2, -0.15) is 5.10 Å². The molecule has 154 valence electrons. The predicted octanol–water partition coefficient (Wildman–Crippen LogP) is 3.09. The van der Waals surface area contributed by atoms with E-state index in [0.717, 1.165) is 34.1 Å². The third kappa shape index (κ3) is 4.16. The Labute approximate surface area is 174 Å². The van der Waals surface area contributed by atoms with E-state index in [0.29, 0.717) is 18.5 Å². The Morgan fingerprint density at radius 1 is 1.10 bits per heavy atom. The molecule has 0 saturated carbocycles. The van der Waals surface area contributed by atoms with Gasteiger partial charge in [0.2, 0.25) is 15.9 Å². The first-order chi connectivity index (χ1) is 14.3. The number of sulfonamides is 1. The highest BCUT2D eigenvalue weighted by Crippen LogP contribution is 2.34. The number of amides is 1. The molecule has 1 aliphatic rings. The average Bonchev–Trinajstić information content (AvgIpc) is 3.18. The molecular formula is C21H21N5O3S. The first kappa shape index (κ1) is 20.0. The fraction of sp³-hybridized carbons (Fsp3) is 0.238. The number of fused-ring (bicyclic) bond motifs is 1. The summed E-state index contributed by atoms with van der Waals surface area (Å²) in [6, 6.07) is 12.5. The van der Waals surface area contributed by atoms with E-state index in [1.807, 2.05) is 30.3 Å². The largest absolute Gasteiger partial charge is 0.284 e. The van der Waals surface area contributed by atoms with E-state index in [2.05, 4.69) is 19.8 Å².